The molecule has 0 aliphatic heterocycles. The minimum atomic E-state index is -4.38. The van der Waals surface area contributed by atoms with Gasteiger partial charge in [0.05, 0.1) is 12.7 Å². The van der Waals surface area contributed by atoms with Gasteiger partial charge in [0.15, 0.2) is 0 Å². The van der Waals surface area contributed by atoms with Crippen molar-refractivity contribution in [3.05, 3.63) is 89.5 Å². The Morgan fingerprint density at radius 1 is 0.958 bits per heavy atom. The SMILES string of the molecule is COC(=O)/C=C/C=C(/c1ccccc1)c1ccc(C(F)(F)F)cc1. The third-order valence-electron chi connectivity index (χ3n) is 3.30. The summed E-state index contributed by atoms with van der Waals surface area (Å²) < 4.78 is 42.6. The van der Waals surface area contributed by atoms with Crippen molar-refractivity contribution in [2.24, 2.45) is 0 Å². The van der Waals surface area contributed by atoms with Crippen molar-refractivity contribution >= 4 is 11.5 Å². The maximum absolute atomic E-state index is 12.7. The normalized spacial score (nSPS) is 12.4. The number of carbonyl (C=O) groups excluding carboxylic acids is 1. The van der Waals surface area contributed by atoms with Gasteiger partial charge in [0.25, 0.3) is 0 Å². The van der Waals surface area contributed by atoms with Crippen LogP contribution in [-0.4, -0.2) is 13.1 Å². The lowest BCUT2D eigenvalue weighted by Gasteiger charge is -2.10. The van der Waals surface area contributed by atoms with Crippen molar-refractivity contribution in [2.45, 2.75) is 6.18 Å². The average Bonchev–Trinajstić information content (AvgIpc) is 2.58. The second-order valence-corrected chi connectivity index (χ2v) is 4.90. The standard InChI is InChI=1S/C19H15F3O2/c1-24-18(23)9-5-8-17(14-6-3-2-4-7-14)15-10-12-16(13-11-15)19(20,21)22/h2-13H,1H3/b9-5+,17-8-. The molecule has 0 unspecified atom stereocenters. The molecule has 0 fully saturated rings. The van der Waals surface area contributed by atoms with Crippen LogP contribution in [0.5, 0.6) is 0 Å². The van der Waals surface area contributed by atoms with Crippen molar-refractivity contribution in [1.82, 2.24) is 0 Å². The number of carbonyl (C=O) groups is 1. The Hall–Kier alpha value is -2.82. The van der Waals surface area contributed by atoms with E-state index in [4.69, 9.17) is 0 Å². The Labute approximate surface area is 137 Å². The number of benzene rings is 2. The van der Waals surface area contributed by atoms with Crippen LogP contribution in [0.4, 0.5) is 13.2 Å². The Morgan fingerprint density at radius 3 is 2.08 bits per heavy atom. The number of allylic oxidation sites excluding steroid dienone is 2. The van der Waals surface area contributed by atoms with E-state index < -0.39 is 17.7 Å². The zero-order valence-electron chi connectivity index (χ0n) is 12.9. The first-order valence-electron chi connectivity index (χ1n) is 7.11. The fraction of sp³-hybridized carbons (Fsp3) is 0.105. The van der Waals surface area contributed by atoms with Crippen LogP contribution in [0.15, 0.2) is 72.8 Å². The van der Waals surface area contributed by atoms with Crippen LogP contribution < -0.4 is 0 Å². The first kappa shape index (κ1) is 17.5. The maximum Gasteiger partial charge on any atom is 0.416 e. The smallest absolute Gasteiger partial charge is 0.416 e. The van der Waals surface area contributed by atoms with E-state index in [-0.39, 0.29) is 0 Å². The van der Waals surface area contributed by atoms with Crippen LogP contribution in [0.3, 0.4) is 0 Å². The molecule has 0 saturated heterocycles. The van der Waals surface area contributed by atoms with Gasteiger partial charge in [0, 0.05) is 6.08 Å². The molecule has 0 N–H and O–H groups in total. The quantitative estimate of drug-likeness (QED) is 0.454. The lowest BCUT2D eigenvalue weighted by atomic mass is 9.96. The first-order valence-corrected chi connectivity index (χ1v) is 7.11. The van der Waals surface area contributed by atoms with Crippen LogP contribution in [0.1, 0.15) is 16.7 Å². The van der Waals surface area contributed by atoms with E-state index in [1.165, 1.54) is 31.4 Å². The molecule has 24 heavy (non-hydrogen) atoms. The highest BCUT2D eigenvalue weighted by Gasteiger charge is 2.30. The van der Waals surface area contributed by atoms with Crippen molar-refractivity contribution in [2.75, 3.05) is 7.11 Å². The molecule has 0 radical (unpaired) electrons. The van der Waals surface area contributed by atoms with Gasteiger partial charge in [-0.05, 0) is 28.8 Å². The molecule has 0 saturated carbocycles. The third-order valence-corrected chi connectivity index (χ3v) is 3.30. The number of hydrogen-bond acceptors (Lipinski definition) is 2. The van der Waals surface area contributed by atoms with Gasteiger partial charge in [0.2, 0.25) is 0 Å². The largest absolute Gasteiger partial charge is 0.466 e. The van der Waals surface area contributed by atoms with E-state index in [0.717, 1.165) is 17.7 Å². The van der Waals surface area contributed by atoms with Crippen LogP contribution in [0.2, 0.25) is 0 Å². The lowest BCUT2D eigenvalue weighted by Crippen LogP contribution is -2.04. The summed E-state index contributed by atoms with van der Waals surface area (Å²) in [7, 11) is 1.27. The van der Waals surface area contributed by atoms with Gasteiger partial charge in [0.1, 0.15) is 0 Å². The second kappa shape index (κ2) is 7.64. The number of methoxy groups -OCH3 is 1. The van der Waals surface area contributed by atoms with E-state index >= 15 is 0 Å². The van der Waals surface area contributed by atoms with Crippen LogP contribution in [0.25, 0.3) is 5.57 Å². The molecule has 2 rings (SSSR count). The van der Waals surface area contributed by atoms with Gasteiger partial charge in [-0.15, -0.1) is 0 Å². The summed E-state index contributed by atoms with van der Waals surface area (Å²) in [5, 5.41) is 0. The molecule has 0 aliphatic rings. The maximum atomic E-state index is 12.7. The van der Waals surface area contributed by atoms with Crippen molar-refractivity contribution in [1.29, 1.82) is 0 Å². The van der Waals surface area contributed by atoms with Crippen LogP contribution in [-0.2, 0) is 15.7 Å². The van der Waals surface area contributed by atoms with Gasteiger partial charge in [-0.25, -0.2) is 4.79 Å². The fourth-order valence-corrected chi connectivity index (χ4v) is 2.11. The number of hydrogen-bond donors (Lipinski definition) is 0. The fourth-order valence-electron chi connectivity index (χ4n) is 2.11. The second-order valence-electron chi connectivity index (χ2n) is 4.90. The number of alkyl halides is 3. The zero-order chi connectivity index (χ0) is 17.6. The summed E-state index contributed by atoms with van der Waals surface area (Å²) in [6, 6.07) is 14.1. The summed E-state index contributed by atoms with van der Waals surface area (Å²) in [4.78, 5) is 11.2. The molecule has 0 aromatic heterocycles. The van der Waals surface area contributed by atoms with Crippen LogP contribution >= 0.6 is 0 Å². The van der Waals surface area contributed by atoms with E-state index in [1.807, 2.05) is 30.3 Å². The summed E-state index contributed by atoms with van der Waals surface area (Å²) in [6.07, 6.45) is 0.0354. The first-order chi connectivity index (χ1) is 11.4. The van der Waals surface area contributed by atoms with Gasteiger partial charge >= 0.3 is 12.1 Å². The zero-order valence-corrected chi connectivity index (χ0v) is 12.9. The molecule has 0 amide bonds. The summed E-state index contributed by atoms with van der Waals surface area (Å²) in [5.41, 5.74) is 1.43. The molecule has 0 aliphatic carbocycles. The van der Waals surface area contributed by atoms with E-state index in [1.54, 1.807) is 6.08 Å². The molecule has 2 aromatic rings. The van der Waals surface area contributed by atoms with Crippen molar-refractivity contribution in [3.63, 3.8) is 0 Å². The molecule has 0 bridgehead atoms. The number of halogens is 3. The number of esters is 1. The average molecular weight is 332 g/mol. The Balaban J connectivity index is 2.41. The molecule has 124 valence electrons. The van der Waals surface area contributed by atoms with Gasteiger partial charge < -0.3 is 4.74 Å². The van der Waals surface area contributed by atoms with Gasteiger partial charge in [-0.1, -0.05) is 54.6 Å². The van der Waals surface area contributed by atoms with E-state index in [9.17, 15) is 18.0 Å². The van der Waals surface area contributed by atoms with Crippen LogP contribution in [0, 0.1) is 0 Å². The Kier molecular flexibility index (Phi) is 5.58. The topological polar surface area (TPSA) is 26.3 Å². The molecule has 2 nitrogen and oxygen atoms in total. The minimum absolute atomic E-state index is 0.508. The molecule has 0 spiro atoms. The summed E-state index contributed by atoms with van der Waals surface area (Å²) in [5.74, 6) is -0.508. The highest BCUT2D eigenvalue weighted by atomic mass is 19.4. The molecule has 5 heteroatoms. The summed E-state index contributed by atoms with van der Waals surface area (Å²) >= 11 is 0. The monoisotopic (exact) mass is 332 g/mol. The van der Waals surface area contributed by atoms with Crippen molar-refractivity contribution < 1.29 is 22.7 Å². The van der Waals surface area contributed by atoms with Gasteiger partial charge in [-0.3, -0.25) is 0 Å². The van der Waals surface area contributed by atoms with E-state index in [0.29, 0.717) is 11.1 Å². The highest BCUT2D eigenvalue weighted by Crippen LogP contribution is 2.31. The molecule has 0 atom stereocenters. The molecular weight excluding hydrogens is 317 g/mol. The van der Waals surface area contributed by atoms with E-state index in [2.05, 4.69) is 4.74 Å². The third kappa shape index (κ3) is 4.59. The Bertz CT molecular complexity index is 742. The molecule has 2 aromatic carbocycles. The Morgan fingerprint density at radius 2 is 1.54 bits per heavy atom. The lowest BCUT2D eigenvalue weighted by molar-refractivity contribution is -0.137. The predicted octanol–water partition coefficient (Wildman–Crippen LogP) is 4.87. The number of rotatable bonds is 4. The minimum Gasteiger partial charge on any atom is -0.466 e. The summed E-state index contributed by atoms with van der Waals surface area (Å²) in [6.45, 7) is 0. The predicted molar refractivity (Wildman–Crippen MR) is 86.1 cm³/mol. The van der Waals surface area contributed by atoms with Crippen molar-refractivity contribution in [3.8, 4) is 0 Å². The van der Waals surface area contributed by atoms with Gasteiger partial charge in [-0.2, -0.15) is 13.2 Å². The number of ether oxygens (including phenoxy) is 1. The molecular formula is C19H15F3O2. The highest BCUT2D eigenvalue weighted by molar-refractivity contribution is 5.85. The molecule has 0 heterocycles.